The van der Waals surface area contributed by atoms with Crippen molar-refractivity contribution in [2.75, 3.05) is 11.9 Å². The molecule has 2 rings (SSSR count). The van der Waals surface area contributed by atoms with Crippen LogP contribution in [0.5, 0.6) is 0 Å². The van der Waals surface area contributed by atoms with Gasteiger partial charge in [-0.2, -0.15) is 0 Å². The molecule has 15 heavy (non-hydrogen) atoms. The molecule has 1 fully saturated rings. The summed E-state index contributed by atoms with van der Waals surface area (Å²) >= 11 is 3.46. The largest absolute Gasteiger partial charge is 0.370 e. The van der Waals surface area contributed by atoms with Crippen molar-refractivity contribution in [3.63, 3.8) is 0 Å². The Morgan fingerprint density at radius 2 is 2.13 bits per heavy atom. The van der Waals surface area contributed by atoms with Crippen LogP contribution in [-0.4, -0.2) is 11.5 Å². The summed E-state index contributed by atoms with van der Waals surface area (Å²) in [5, 5.41) is 3.42. The minimum Gasteiger partial charge on any atom is -0.370 e. The van der Waals surface area contributed by atoms with Crippen molar-refractivity contribution < 1.29 is 0 Å². The Morgan fingerprint density at radius 3 is 2.80 bits per heavy atom. The number of anilines is 1. The van der Waals surface area contributed by atoms with E-state index in [1.165, 1.54) is 25.7 Å². The third kappa shape index (κ3) is 2.94. The van der Waals surface area contributed by atoms with Crippen LogP contribution in [-0.2, 0) is 0 Å². The molecule has 0 spiro atoms. The van der Waals surface area contributed by atoms with E-state index in [-0.39, 0.29) is 0 Å². The summed E-state index contributed by atoms with van der Waals surface area (Å²) in [5.74, 6) is 1.86. The number of halogens is 1. The number of aryl methyl sites for hydroxylation is 1. The lowest BCUT2D eigenvalue weighted by atomic mass is 10.1. The van der Waals surface area contributed by atoms with Crippen molar-refractivity contribution >= 4 is 21.7 Å². The Kier molecular flexibility index (Phi) is 3.62. The highest BCUT2D eigenvalue weighted by atomic mass is 79.9. The van der Waals surface area contributed by atoms with Crippen LogP contribution in [0.3, 0.4) is 0 Å². The predicted octanol–water partition coefficient (Wildman–Crippen LogP) is 3.75. The molecule has 2 nitrogen and oxygen atoms in total. The standard InChI is InChI=1S/C12H17BrN2/c1-9-11(13)6-7-12(15-9)14-8-10-4-2-3-5-10/h6-7,10H,2-5,8H2,1H3,(H,14,15). The third-order valence-corrected chi connectivity index (χ3v) is 3.91. The topological polar surface area (TPSA) is 24.9 Å². The Balaban J connectivity index is 1.90. The lowest BCUT2D eigenvalue weighted by Gasteiger charge is -2.11. The first-order valence-electron chi connectivity index (χ1n) is 5.63. The van der Waals surface area contributed by atoms with E-state index >= 15 is 0 Å². The van der Waals surface area contributed by atoms with Crippen molar-refractivity contribution in [1.82, 2.24) is 4.98 Å². The Morgan fingerprint density at radius 1 is 1.40 bits per heavy atom. The van der Waals surface area contributed by atoms with Crippen LogP contribution in [0.15, 0.2) is 16.6 Å². The first kappa shape index (κ1) is 10.9. The number of hydrogen-bond acceptors (Lipinski definition) is 2. The summed E-state index contributed by atoms with van der Waals surface area (Å²) in [5.41, 5.74) is 1.05. The summed E-state index contributed by atoms with van der Waals surface area (Å²) in [4.78, 5) is 4.48. The molecule has 1 aliphatic rings. The van der Waals surface area contributed by atoms with Gasteiger partial charge in [0.05, 0.1) is 5.69 Å². The van der Waals surface area contributed by atoms with Gasteiger partial charge in [0.25, 0.3) is 0 Å². The molecular weight excluding hydrogens is 252 g/mol. The molecule has 1 N–H and O–H groups in total. The zero-order valence-corrected chi connectivity index (χ0v) is 10.7. The average Bonchev–Trinajstić information content (AvgIpc) is 2.73. The highest BCUT2D eigenvalue weighted by Crippen LogP contribution is 2.25. The molecule has 1 saturated carbocycles. The minimum absolute atomic E-state index is 0.857. The third-order valence-electron chi connectivity index (χ3n) is 3.07. The van der Waals surface area contributed by atoms with Crippen LogP contribution >= 0.6 is 15.9 Å². The molecule has 0 saturated heterocycles. The van der Waals surface area contributed by atoms with E-state index in [1.54, 1.807) is 0 Å². The second-order valence-electron chi connectivity index (χ2n) is 4.30. The van der Waals surface area contributed by atoms with Crippen molar-refractivity contribution in [3.8, 4) is 0 Å². The maximum Gasteiger partial charge on any atom is 0.126 e. The van der Waals surface area contributed by atoms with E-state index in [0.29, 0.717) is 0 Å². The van der Waals surface area contributed by atoms with Gasteiger partial charge < -0.3 is 5.32 Å². The molecule has 0 radical (unpaired) electrons. The molecule has 82 valence electrons. The normalized spacial score (nSPS) is 16.9. The van der Waals surface area contributed by atoms with Crippen molar-refractivity contribution in [2.24, 2.45) is 5.92 Å². The Bertz CT molecular complexity index is 332. The minimum atomic E-state index is 0.857. The quantitative estimate of drug-likeness (QED) is 0.903. The first-order chi connectivity index (χ1) is 7.25. The van der Waals surface area contributed by atoms with Crippen LogP contribution in [0, 0.1) is 12.8 Å². The fourth-order valence-electron chi connectivity index (χ4n) is 2.11. The first-order valence-corrected chi connectivity index (χ1v) is 6.42. The maximum atomic E-state index is 4.48. The number of hydrogen-bond donors (Lipinski definition) is 1. The molecule has 0 aliphatic heterocycles. The molecule has 0 bridgehead atoms. The Hall–Kier alpha value is -0.570. The van der Waals surface area contributed by atoms with Gasteiger partial charge in [-0.1, -0.05) is 12.8 Å². The molecule has 0 atom stereocenters. The number of nitrogens with one attached hydrogen (secondary N) is 1. The SMILES string of the molecule is Cc1nc(NCC2CCCC2)ccc1Br. The summed E-state index contributed by atoms with van der Waals surface area (Å²) in [6.45, 7) is 3.10. The van der Waals surface area contributed by atoms with Gasteiger partial charge in [0.2, 0.25) is 0 Å². The number of rotatable bonds is 3. The molecule has 0 amide bonds. The van der Waals surface area contributed by atoms with E-state index in [1.807, 2.05) is 13.0 Å². The van der Waals surface area contributed by atoms with Gasteiger partial charge in [0, 0.05) is 11.0 Å². The predicted molar refractivity (Wildman–Crippen MR) is 67.1 cm³/mol. The lowest BCUT2D eigenvalue weighted by Crippen LogP contribution is -2.12. The average molecular weight is 269 g/mol. The van der Waals surface area contributed by atoms with Crippen LogP contribution in [0.4, 0.5) is 5.82 Å². The monoisotopic (exact) mass is 268 g/mol. The van der Waals surface area contributed by atoms with E-state index in [0.717, 1.165) is 28.4 Å². The fraction of sp³-hybridized carbons (Fsp3) is 0.583. The van der Waals surface area contributed by atoms with Gasteiger partial charge in [-0.3, -0.25) is 0 Å². The lowest BCUT2D eigenvalue weighted by molar-refractivity contribution is 0.579. The summed E-state index contributed by atoms with van der Waals surface area (Å²) in [6.07, 6.45) is 5.56. The molecule has 0 aromatic carbocycles. The van der Waals surface area contributed by atoms with Crippen molar-refractivity contribution in [1.29, 1.82) is 0 Å². The van der Waals surface area contributed by atoms with Gasteiger partial charge in [0.1, 0.15) is 5.82 Å². The zero-order chi connectivity index (χ0) is 10.7. The highest BCUT2D eigenvalue weighted by Gasteiger charge is 2.14. The highest BCUT2D eigenvalue weighted by molar-refractivity contribution is 9.10. The van der Waals surface area contributed by atoms with Gasteiger partial charge in [0.15, 0.2) is 0 Å². The fourth-order valence-corrected chi connectivity index (χ4v) is 2.33. The van der Waals surface area contributed by atoms with Gasteiger partial charge in [-0.15, -0.1) is 0 Å². The molecule has 1 aliphatic carbocycles. The summed E-state index contributed by atoms with van der Waals surface area (Å²) in [7, 11) is 0. The molecule has 3 heteroatoms. The smallest absolute Gasteiger partial charge is 0.126 e. The second kappa shape index (κ2) is 4.97. The Labute approximate surface area is 99.6 Å². The van der Waals surface area contributed by atoms with E-state index < -0.39 is 0 Å². The van der Waals surface area contributed by atoms with Crippen molar-refractivity contribution in [2.45, 2.75) is 32.6 Å². The van der Waals surface area contributed by atoms with Crippen LogP contribution < -0.4 is 5.32 Å². The zero-order valence-electron chi connectivity index (χ0n) is 9.09. The van der Waals surface area contributed by atoms with Gasteiger partial charge in [-0.25, -0.2) is 4.98 Å². The van der Waals surface area contributed by atoms with E-state index in [2.05, 4.69) is 32.3 Å². The van der Waals surface area contributed by atoms with E-state index in [9.17, 15) is 0 Å². The van der Waals surface area contributed by atoms with Gasteiger partial charge in [-0.05, 0) is 53.7 Å². The summed E-state index contributed by atoms with van der Waals surface area (Å²) < 4.78 is 1.08. The van der Waals surface area contributed by atoms with Crippen molar-refractivity contribution in [3.05, 3.63) is 22.3 Å². The molecular formula is C12H17BrN2. The van der Waals surface area contributed by atoms with Crippen LogP contribution in [0.2, 0.25) is 0 Å². The van der Waals surface area contributed by atoms with E-state index in [4.69, 9.17) is 0 Å². The summed E-state index contributed by atoms with van der Waals surface area (Å²) in [6, 6.07) is 4.09. The molecule has 1 aromatic heterocycles. The molecule has 1 aromatic rings. The molecule has 0 unspecified atom stereocenters. The van der Waals surface area contributed by atoms with Crippen LogP contribution in [0.1, 0.15) is 31.4 Å². The van der Waals surface area contributed by atoms with Gasteiger partial charge >= 0.3 is 0 Å². The van der Waals surface area contributed by atoms with Crippen LogP contribution in [0.25, 0.3) is 0 Å². The number of nitrogens with zero attached hydrogens (tertiary/aromatic N) is 1. The molecule has 1 heterocycles. The second-order valence-corrected chi connectivity index (χ2v) is 5.15. The number of pyridine rings is 1. The maximum absolute atomic E-state index is 4.48. The number of aromatic nitrogens is 1.